The lowest BCUT2D eigenvalue weighted by Crippen LogP contribution is -2.44. The van der Waals surface area contributed by atoms with Crippen molar-refractivity contribution in [1.29, 1.82) is 0 Å². The molecule has 7 nitrogen and oxygen atoms in total. The van der Waals surface area contributed by atoms with Crippen molar-refractivity contribution in [3.05, 3.63) is 71.3 Å². The molecule has 4 aromatic heterocycles. The Bertz CT molecular complexity index is 1370. The molecule has 8 heteroatoms. The molecule has 5 heterocycles. The highest BCUT2D eigenvalue weighted by Gasteiger charge is 2.46. The zero-order chi connectivity index (χ0) is 22.7. The van der Waals surface area contributed by atoms with Gasteiger partial charge in [-0.15, -0.1) is 0 Å². The van der Waals surface area contributed by atoms with Crippen LogP contribution in [0.4, 0.5) is 10.2 Å². The number of hydrogen-bond donors (Lipinski definition) is 1. The van der Waals surface area contributed by atoms with Crippen molar-refractivity contribution in [1.82, 2.24) is 24.6 Å². The van der Waals surface area contributed by atoms with Gasteiger partial charge >= 0.3 is 0 Å². The monoisotopic (exact) mass is 443 g/mol. The van der Waals surface area contributed by atoms with Crippen LogP contribution in [0, 0.1) is 25.1 Å². The highest BCUT2D eigenvalue weighted by molar-refractivity contribution is 5.76. The van der Waals surface area contributed by atoms with Crippen LogP contribution in [-0.2, 0) is 6.42 Å². The number of aromatic nitrogens is 5. The highest BCUT2D eigenvalue weighted by Crippen LogP contribution is 2.51. The molecule has 0 saturated carbocycles. The number of fused-ring (bicyclic) bond motifs is 2. The number of piperidine rings is 1. The summed E-state index contributed by atoms with van der Waals surface area (Å²) < 4.78 is 16.7. The zero-order valence-electron chi connectivity index (χ0n) is 18.8. The fraction of sp³-hybridized carbons (Fsp3) is 0.360. The van der Waals surface area contributed by atoms with Gasteiger partial charge in [-0.05, 0) is 67.9 Å². The average Bonchev–Trinajstić information content (AvgIpc) is 3.40. The SMILES string of the molecule is Cc1nccc(-c2c(C)nc(N3CCC4(CC3)Cc3ccncc3[C@H]4N)c3ccnn23)c1F. The van der Waals surface area contributed by atoms with Gasteiger partial charge in [-0.25, -0.2) is 13.9 Å². The quantitative estimate of drug-likeness (QED) is 0.507. The maximum atomic E-state index is 14.9. The second kappa shape index (κ2) is 7.31. The summed E-state index contributed by atoms with van der Waals surface area (Å²) in [5, 5.41) is 4.53. The van der Waals surface area contributed by atoms with E-state index in [-0.39, 0.29) is 17.3 Å². The third kappa shape index (κ3) is 2.97. The molecule has 1 fully saturated rings. The Labute approximate surface area is 191 Å². The fourth-order valence-corrected chi connectivity index (χ4v) is 5.69. The van der Waals surface area contributed by atoms with Crippen molar-refractivity contribution in [3.63, 3.8) is 0 Å². The van der Waals surface area contributed by atoms with E-state index in [4.69, 9.17) is 10.7 Å². The number of aryl methyl sites for hydroxylation is 2. The molecule has 1 saturated heterocycles. The molecule has 33 heavy (non-hydrogen) atoms. The largest absolute Gasteiger partial charge is 0.355 e. The summed E-state index contributed by atoms with van der Waals surface area (Å²) in [6, 6.07) is 5.76. The van der Waals surface area contributed by atoms with Gasteiger partial charge in [-0.1, -0.05) is 0 Å². The van der Waals surface area contributed by atoms with E-state index in [1.807, 2.05) is 29.9 Å². The molecule has 2 aliphatic rings. The standard InChI is InChI=1S/C25H26FN7/c1-15-21(26)18(4-9-29-15)22-16(2)31-24(20-5-10-30-33(20)22)32-11-6-25(7-12-32)13-17-3-8-28-14-19(17)23(25)27/h3-5,8-10,14,23H,6-7,11-13,27H2,1-2H3/t23-/m1/s1. The van der Waals surface area contributed by atoms with E-state index >= 15 is 0 Å². The first kappa shape index (κ1) is 20.2. The maximum Gasteiger partial charge on any atom is 0.155 e. The fourth-order valence-electron chi connectivity index (χ4n) is 5.69. The first-order valence-corrected chi connectivity index (χ1v) is 11.4. The van der Waals surface area contributed by atoms with Gasteiger partial charge in [0.15, 0.2) is 11.6 Å². The Morgan fingerprint density at radius 1 is 1.06 bits per heavy atom. The van der Waals surface area contributed by atoms with Gasteiger partial charge in [0.2, 0.25) is 0 Å². The van der Waals surface area contributed by atoms with Crippen molar-refractivity contribution >= 4 is 11.3 Å². The molecular formula is C25H26FN7. The predicted octanol–water partition coefficient (Wildman–Crippen LogP) is 3.78. The van der Waals surface area contributed by atoms with Crippen LogP contribution in [0.15, 0.2) is 43.0 Å². The predicted molar refractivity (Wildman–Crippen MR) is 124 cm³/mol. The summed E-state index contributed by atoms with van der Waals surface area (Å²) in [4.78, 5) is 15.6. The number of hydrogen-bond acceptors (Lipinski definition) is 6. The molecule has 1 aliphatic heterocycles. The minimum atomic E-state index is -0.337. The highest BCUT2D eigenvalue weighted by atomic mass is 19.1. The van der Waals surface area contributed by atoms with Crippen LogP contribution in [-0.4, -0.2) is 37.7 Å². The van der Waals surface area contributed by atoms with Crippen LogP contribution in [0.5, 0.6) is 0 Å². The van der Waals surface area contributed by atoms with Crippen LogP contribution in [0.25, 0.3) is 16.8 Å². The second-order valence-corrected chi connectivity index (χ2v) is 9.33. The lowest BCUT2D eigenvalue weighted by molar-refractivity contribution is 0.187. The van der Waals surface area contributed by atoms with E-state index in [1.165, 1.54) is 11.1 Å². The van der Waals surface area contributed by atoms with Crippen molar-refractivity contribution < 1.29 is 4.39 Å². The van der Waals surface area contributed by atoms with Gasteiger partial charge in [0.25, 0.3) is 0 Å². The number of nitrogens with two attached hydrogens (primary N) is 1. The molecule has 0 unspecified atom stereocenters. The number of halogens is 1. The van der Waals surface area contributed by atoms with E-state index < -0.39 is 0 Å². The topological polar surface area (TPSA) is 85.2 Å². The van der Waals surface area contributed by atoms with E-state index in [9.17, 15) is 4.39 Å². The van der Waals surface area contributed by atoms with Crippen LogP contribution >= 0.6 is 0 Å². The molecule has 2 N–H and O–H groups in total. The maximum absolute atomic E-state index is 14.9. The van der Waals surface area contributed by atoms with Crippen LogP contribution in [0.1, 0.15) is 41.4 Å². The van der Waals surface area contributed by atoms with Crippen molar-refractivity contribution in [2.75, 3.05) is 18.0 Å². The molecule has 0 amide bonds. The number of pyridine rings is 2. The van der Waals surface area contributed by atoms with E-state index in [1.54, 1.807) is 25.4 Å². The summed E-state index contributed by atoms with van der Waals surface area (Å²) in [6.45, 7) is 5.31. The van der Waals surface area contributed by atoms with Crippen LogP contribution in [0.3, 0.4) is 0 Å². The molecule has 0 bridgehead atoms. The normalized spacial score (nSPS) is 19.4. The Hall–Kier alpha value is -3.39. The van der Waals surface area contributed by atoms with Crippen molar-refractivity contribution in [2.45, 2.75) is 39.2 Å². The number of rotatable bonds is 2. The van der Waals surface area contributed by atoms with Gasteiger partial charge in [0.05, 0.1) is 23.3 Å². The van der Waals surface area contributed by atoms with Gasteiger partial charge in [-0.2, -0.15) is 5.10 Å². The van der Waals surface area contributed by atoms with Crippen molar-refractivity contribution in [3.8, 4) is 11.3 Å². The van der Waals surface area contributed by atoms with Gasteiger partial charge in [-0.3, -0.25) is 9.97 Å². The third-order valence-electron chi connectivity index (χ3n) is 7.56. The molecule has 1 spiro atoms. The molecule has 0 radical (unpaired) electrons. The number of nitrogens with zero attached hydrogens (tertiary/aromatic N) is 6. The lowest BCUT2D eigenvalue weighted by Gasteiger charge is -2.42. The summed E-state index contributed by atoms with van der Waals surface area (Å²) >= 11 is 0. The first-order chi connectivity index (χ1) is 16.0. The lowest BCUT2D eigenvalue weighted by atomic mass is 9.73. The Balaban J connectivity index is 1.34. The molecule has 168 valence electrons. The molecule has 0 aromatic carbocycles. The average molecular weight is 444 g/mol. The van der Waals surface area contributed by atoms with E-state index in [0.717, 1.165) is 49.4 Å². The molecule has 4 aromatic rings. The molecule has 6 rings (SSSR count). The van der Waals surface area contributed by atoms with Gasteiger partial charge in [0, 0.05) is 43.3 Å². The van der Waals surface area contributed by atoms with Crippen molar-refractivity contribution in [2.24, 2.45) is 11.1 Å². The summed E-state index contributed by atoms with van der Waals surface area (Å²) in [5.74, 6) is 0.552. The second-order valence-electron chi connectivity index (χ2n) is 9.33. The molecule has 1 aliphatic carbocycles. The number of anilines is 1. The van der Waals surface area contributed by atoms with E-state index in [0.29, 0.717) is 17.0 Å². The Morgan fingerprint density at radius 2 is 1.88 bits per heavy atom. The summed E-state index contributed by atoms with van der Waals surface area (Å²) in [7, 11) is 0. The summed E-state index contributed by atoms with van der Waals surface area (Å²) in [5.41, 5.74) is 12.4. The molecule has 1 atom stereocenters. The molecular weight excluding hydrogens is 417 g/mol. The minimum absolute atomic E-state index is 0.0216. The van der Waals surface area contributed by atoms with Gasteiger partial charge < -0.3 is 10.6 Å². The smallest absolute Gasteiger partial charge is 0.155 e. The van der Waals surface area contributed by atoms with Gasteiger partial charge in [0.1, 0.15) is 5.52 Å². The first-order valence-electron chi connectivity index (χ1n) is 11.4. The van der Waals surface area contributed by atoms with Crippen LogP contribution in [0.2, 0.25) is 0 Å². The van der Waals surface area contributed by atoms with Crippen LogP contribution < -0.4 is 10.6 Å². The zero-order valence-corrected chi connectivity index (χ0v) is 18.8. The Morgan fingerprint density at radius 3 is 2.67 bits per heavy atom. The summed E-state index contributed by atoms with van der Waals surface area (Å²) in [6.07, 6.45) is 10.1. The third-order valence-corrected chi connectivity index (χ3v) is 7.56. The minimum Gasteiger partial charge on any atom is -0.355 e. The van der Waals surface area contributed by atoms with E-state index in [2.05, 4.69) is 26.0 Å². The Kier molecular flexibility index (Phi) is 4.48.